The lowest BCUT2D eigenvalue weighted by atomic mass is 9.58. The molecule has 0 fully saturated rings. The molecule has 1 atom stereocenters. The van der Waals surface area contributed by atoms with Crippen molar-refractivity contribution in [3.05, 3.63) is 130 Å². The van der Waals surface area contributed by atoms with Gasteiger partial charge in [0.1, 0.15) is 0 Å². The first-order chi connectivity index (χ1) is 16.4. The van der Waals surface area contributed by atoms with Crippen LogP contribution in [-0.2, 0) is 18.3 Å². The first kappa shape index (κ1) is 16.7. The standard InChI is InChI=1S/C33H20/c1-4-11-23-19(7-1)15-16-28-30(23)26-14-6-13-25-24-12-5-9-20-17-27-22-10-3-2-8-21(22)18-33(28,31(25)26)32(27)29(20)24/h1-16H,17-18H2. The van der Waals surface area contributed by atoms with Crippen LogP contribution in [0.1, 0.15) is 33.4 Å². The van der Waals surface area contributed by atoms with Gasteiger partial charge in [0.2, 0.25) is 0 Å². The van der Waals surface area contributed by atoms with Crippen molar-refractivity contribution in [1.29, 1.82) is 0 Å². The van der Waals surface area contributed by atoms with Crippen molar-refractivity contribution < 1.29 is 0 Å². The molecule has 1 spiro atoms. The summed E-state index contributed by atoms with van der Waals surface area (Å²) < 4.78 is 0. The van der Waals surface area contributed by atoms with Crippen LogP contribution >= 0.6 is 0 Å². The van der Waals surface area contributed by atoms with Crippen molar-refractivity contribution >= 4 is 21.9 Å². The zero-order valence-electron chi connectivity index (χ0n) is 18.2. The molecule has 0 aliphatic heterocycles. The van der Waals surface area contributed by atoms with Gasteiger partial charge in [0.25, 0.3) is 0 Å². The lowest BCUT2D eigenvalue weighted by Gasteiger charge is -2.43. The number of benzene rings is 5. The second-order valence-electron chi connectivity index (χ2n) is 10.0. The average Bonchev–Trinajstić information content (AvgIpc) is 3.40. The summed E-state index contributed by atoms with van der Waals surface area (Å²) in [6.07, 6.45) is 2.09. The van der Waals surface area contributed by atoms with E-state index in [0.29, 0.717) is 0 Å². The second kappa shape index (κ2) is 5.35. The Morgan fingerprint density at radius 1 is 0.545 bits per heavy atom. The predicted molar refractivity (Wildman–Crippen MR) is 136 cm³/mol. The molecule has 9 rings (SSSR count). The normalized spacial score (nSPS) is 19.9. The van der Waals surface area contributed by atoms with Gasteiger partial charge in [-0.1, -0.05) is 97.1 Å². The summed E-state index contributed by atoms with van der Waals surface area (Å²) in [4.78, 5) is 0. The van der Waals surface area contributed by atoms with E-state index in [1.807, 2.05) is 0 Å². The molecule has 5 aromatic rings. The number of hydrogen-bond acceptors (Lipinski definition) is 0. The largest absolute Gasteiger partial charge is 0.0620 e. The Hall–Kier alpha value is -3.90. The fourth-order valence-electron chi connectivity index (χ4n) is 7.68. The van der Waals surface area contributed by atoms with E-state index in [1.54, 1.807) is 16.7 Å². The van der Waals surface area contributed by atoms with Crippen molar-refractivity contribution in [3.8, 4) is 22.3 Å². The molecule has 33 heavy (non-hydrogen) atoms. The van der Waals surface area contributed by atoms with Gasteiger partial charge in [-0.05, 0) is 90.4 Å². The van der Waals surface area contributed by atoms with E-state index in [1.165, 1.54) is 60.8 Å². The highest BCUT2D eigenvalue weighted by molar-refractivity contribution is 6.17. The van der Waals surface area contributed by atoms with Crippen LogP contribution < -0.4 is 0 Å². The molecule has 4 aliphatic rings. The van der Waals surface area contributed by atoms with Gasteiger partial charge in [-0.25, -0.2) is 0 Å². The molecule has 0 aromatic heterocycles. The van der Waals surface area contributed by atoms with Gasteiger partial charge >= 0.3 is 0 Å². The molecule has 0 heterocycles. The maximum atomic E-state index is 2.45. The molecule has 0 amide bonds. The third-order valence-corrected chi connectivity index (χ3v) is 8.73. The molecule has 0 saturated heterocycles. The Balaban J connectivity index is 1.56. The summed E-state index contributed by atoms with van der Waals surface area (Å²) in [7, 11) is 0. The van der Waals surface area contributed by atoms with Gasteiger partial charge in [0.15, 0.2) is 0 Å². The Morgan fingerprint density at radius 3 is 2.30 bits per heavy atom. The van der Waals surface area contributed by atoms with Crippen molar-refractivity contribution in [3.63, 3.8) is 0 Å². The third-order valence-electron chi connectivity index (χ3n) is 8.73. The molecular formula is C33H20. The first-order valence-electron chi connectivity index (χ1n) is 12.0. The molecule has 0 radical (unpaired) electrons. The molecule has 0 heteroatoms. The van der Waals surface area contributed by atoms with Crippen LogP contribution in [0.3, 0.4) is 0 Å². The minimum Gasteiger partial charge on any atom is -0.0620 e. The summed E-state index contributed by atoms with van der Waals surface area (Å²) in [6.45, 7) is 0. The van der Waals surface area contributed by atoms with Crippen LogP contribution in [0.15, 0.2) is 97.1 Å². The van der Waals surface area contributed by atoms with Crippen LogP contribution in [-0.4, -0.2) is 0 Å². The Morgan fingerprint density at radius 2 is 1.30 bits per heavy atom. The van der Waals surface area contributed by atoms with Crippen LogP contribution in [0.25, 0.3) is 44.2 Å². The van der Waals surface area contributed by atoms with Crippen LogP contribution in [0.4, 0.5) is 0 Å². The van der Waals surface area contributed by atoms with E-state index in [0.717, 1.165) is 12.8 Å². The van der Waals surface area contributed by atoms with E-state index in [-0.39, 0.29) is 5.41 Å². The van der Waals surface area contributed by atoms with Crippen LogP contribution in [0, 0.1) is 0 Å². The fourth-order valence-corrected chi connectivity index (χ4v) is 7.68. The zero-order valence-corrected chi connectivity index (χ0v) is 18.2. The molecule has 0 bridgehead atoms. The monoisotopic (exact) mass is 416 g/mol. The average molecular weight is 417 g/mol. The van der Waals surface area contributed by atoms with Gasteiger partial charge in [0, 0.05) is 0 Å². The van der Waals surface area contributed by atoms with Crippen molar-refractivity contribution in [2.45, 2.75) is 18.3 Å². The molecular weight excluding hydrogens is 396 g/mol. The predicted octanol–water partition coefficient (Wildman–Crippen LogP) is 7.81. The minimum atomic E-state index is -0.0887. The van der Waals surface area contributed by atoms with E-state index in [4.69, 9.17) is 0 Å². The van der Waals surface area contributed by atoms with Crippen molar-refractivity contribution in [2.75, 3.05) is 0 Å². The highest BCUT2D eigenvalue weighted by Gasteiger charge is 2.55. The van der Waals surface area contributed by atoms with Gasteiger partial charge in [-0.3, -0.25) is 0 Å². The molecule has 1 unspecified atom stereocenters. The maximum absolute atomic E-state index is 2.45. The summed E-state index contributed by atoms with van der Waals surface area (Å²) in [5.41, 5.74) is 17.9. The molecule has 4 aliphatic carbocycles. The molecule has 0 N–H and O–H groups in total. The highest BCUT2D eigenvalue weighted by atomic mass is 14.6. The van der Waals surface area contributed by atoms with Gasteiger partial charge in [-0.2, -0.15) is 0 Å². The van der Waals surface area contributed by atoms with E-state index in [9.17, 15) is 0 Å². The number of allylic oxidation sites excluding steroid dienone is 2. The zero-order chi connectivity index (χ0) is 21.3. The summed E-state index contributed by atoms with van der Waals surface area (Å²) in [5, 5.41) is 2.72. The number of rotatable bonds is 0. The van der Waals surface area contributed by atoms with Crippen molar-refractivity contribution in [1.82, 2.24) is 0 Å². The second-order valence-corrected chi connectivity index (χ2v) is 10.0. The van der Waals surface area contributed by atoms with Gasteiger partial charge in [-0.15, -0.1) is 0 Å². The SMILES string of the molecule is c1ccc2c(c1)CC13C4=C2Cc2cccc(c24)-c2cccc(c21)-c1c3ccc2ccccc12. The first-order valence-corrected chi connectivity index (χ1v) is 12.0. The van der Waals surface area contributed by atoms with Crippen LogP contribution in [0.5, 0.6) is 0 Å². The Labute approximate surface area is 192 Å². The van der Waals surface area contributed by atoms with Gasteiger partial charge in [0.05, 0.1) is 5.41 Å². The maximum Gasteiger partial charge on any atom is 0.0519 e. The van der Waals surface area contributed by atoms with E-state index < -0.39 is 0 Å². The highest BCUT2D eigenvalue weighted by Crippen LogP contribution is 2.68. The Kier molecular flexibility index (Phi) is 2.71. The summed E-state index contributed by atoms with van der Waals surface area (Å²) in [6, 6.07) is 36.9. The van der Waals surface area contributed by atoms with Crippen LogP contribution in [0.2, 0.25) is 0 Å². The van der Waals surface area contributed by atoms with E-state index in [2.05, 4.69) is 97.1 Å². The molecule has 0 nitrogen and oxygen atoms in total. The fraction of sp³-hybridized carbons (Fsp3) is 0.0909. The quantitative estimate of drug-likeness (QED) is 0.241. The number of hydrogen-bond donors (Lipinski definition) is 0. The lowest BCUT2D eigenvalue weighted by molar-refractivity contribution is 0.667. The van der Waals surface area contributed by atoms with E-state index >= 15 is 0 Å². The molecule has 0 saturated carbocycles. The summed E-state index contributed by atoms with van der Waals surface area (Å²) >= 11 is 0. The molecule has 152 valence electrons. The molecule has 5 aromatic carbocycles. The summed E-state index contributed by atoms with van der Waals surface area (Å²) in [5.74, 6) is 0. The minimum absolute atomic E-state index is 0.0887. The smallest absolute Gasteiger partial charge is 0.0519 e. The van der Waals surface area contributed by atoms with Gasteiger partial charge < -0.3 is 0 Å². The number of fused-ring (bicyclic) bond motifs is 7. The topological polar surface area (TPSA) is 0 Å². The Bertz CT molecular complexity index is 1760. The third kappa shape index (κ3) is 1.70. The lowest BCUT2D eigenvalue weighted by Crippen LogP contribution is -2.35. The van der Waals surface area contributed by atoms with Crippen molar-refractivity contribution in [2.24, 2.45) is 0 Å².